The Morgan fingerprint density at radius 3 is 2.76 bits per heavy atom. The largest absolute Gasteiger partial charge is 0.381 e. The first-order chi connectivity index (χ1) is 14.2. The molecule has 0 saturated carbocycles. The Hall–Kier alpha value is -1.59. The van der Waals surface area contributed by atoms with Crippen molar-refractivity contribution in [2.75, 3.05) is 45.9 Å². The summed E-state index contributed by atoms with van der Waals surface area (Å²) in [6.07, 6.45) is 5.14. The Morgan fingerprint density at radius 2 is 2.03 bits per heavy atom. The maximum atomic E-state index is 5.68. The van der Waals surface area contributed by atoms with Crippen molar-refractivity contribution in [3.63, 3.8) is 0 Å². The lowest BCUT2D eigenvalue weighted by Gasteiger charge is -2.30. The number of guanidine groups is 1. The topological polar surface area (TPSA) is 40.1 Å². The van der Waals surface area contributed by atoms with Crippen molar-refractivity contribution in [2.45, 2.75) is 52.6 Å². The summed E-state index contributed by atoms with van der Waals surface area (Å²) >= 11 is 0. The average molecular weight is 399 g/mol. The quantitative estimate of drug-likeness (QED) is 0.609. The van der Waals surface area contributed by atoms with Crippen LogP contribution in [0.3, 0.4) is 0 Å². The summed E-state index contributed by atoms with van der Waals surface area (Å²) in [5.41, 5.74) is 3.07. The van der Waals surface area contributed by atoms with Gasteiger partial charge < -0.3 is 15.0 Å². The molecular weight excluding hydrogens is 360 g/mol. The number of aliphatic imine (C=N–C) groups is 1. The normalized spacial score (nSPS) is 28.4. The Bertz CT molecular complexity index is 681. The van der Waals surface area contributed by atoms with Crippen LogP contribution in [0.15, 0.2) is 29.3 Å². The Morgan fingerprint density at radius 1 is 1.21 bits per heavy atom. The molecule has 0 aromatic heterocycles. The third-order valence-corrected chi connectivity index (χ3v) is 6.84. The smallest absolute Gasteiger partial charge is 0.194 e. The van der Waals surface area contributed by atoms with E-state index in [1.807, 2.05) is 0 Å². The van der Waals surface area contributed by atoms with Gasteiger partial charge in [-0.05, 0) is 56.2 Å². The summed E-state index contributed by atoms with van der Waals surface area (Å²) in [6.45, 7) is 13.7. The zero-order valence-corrected chi connectivity index (χ0v) is 18.3. The number of hydrogen-bond acceptors (Lipinski definition) is 3. The molecule has 3 saturated heterocycles. The van der Waals surface area contributed by atoms with Crippen molar-refractivity contribution >= 4 is 5.96 Å². The number of piperidine rings is 1. The van der Waals surface area contributed by atoms with Crippen LogP contribution >= 0.6 is 0 Å². The molecule has 0 radical (unpaired) electrons. The zero-order chi connectivity index (χ0) is 20.1. The molecule has 5 nitrogen and oxygen atoms in total. The number of ether oxygens (including phenoxy) is 1. The van der Waals surface area contributed by atoms with E-state index in [2.05, 4.69) is 53.2 Å². The molecule has 3 heterocycles. The third-order valence-electron chi connectivity index (χ3n) is 6.84. The summed E-state index contributed by atoms with van der Waals surface area (Å²) in [7, 11) is 0. The maximum Gasteiger partial charge on any atom is 0.194 e. The monoisotopic (exact) mass is 398 g/mol. The molecule has 1 aromatic rings. The van der Waals surface area contributed by atoms with Crippen LogP contribution in [0.2, 0.25) is 0 Å². The molecule has 2 unspecified atom stereocenters. The van der Waals surface area contributed by atoms with Gasteiger partial charge in [0.15, 0.2) is 5.96 Å². The van der Waals surface area contributed by atoms with Crippen molar-refractivity contribution < 1.29 is 4.74 Å². The van der Waals surface area contributed by atoms with Crippen molar-refractivity contribution in [2.24, 2.45) is 16.3 Å². The van der Waals surface area contributed by atoms with Crippen molar-refractivity contribution in [3.05, 3.63) is 35.4 Å². The molecule has 29 heavy (non-hydrogen) atoms. The highest BCUT2D eigenvalue weighted by molar-refractivity contribution is 5.80. The molecule has 3 aliphatic heterocycles. The van der Waals surface area contributed by atoms with Gasteiger partial charge >= 0.3 is 0 Å². The van der Waals surface area contributed by atoms with E-state index >= 15 is 0 Å². The summed E-state index contributed by atoms with van der Waals surface area (Å²) in [5, 5.41) is 3.50. The zero-order valence-electron chi connectivity index (χ0n) is 18.3. The highest BCUT2D eigenvalue weighted by atomic mass is 16.5. The third kappa shape index (κ3) is 5.32. The number of benzene rings is 1. The SMILES string of the molecule is CCNC(=NCc1ccc(CN2CCCC(C)C2)cc1)N1CCC2(CCOC2)C1. The fraction of sp³-hybridized carbons (Fsp3) is 0.708. The predicted molar refractivity (Wildman–Crippen MR) is 119 cm³/mol. The van der Waals surface area contributed by atoms with Crippen molar-refractivity contribution in [1.82, 2.24) is 15.1 Å². The van der Waals surface area contributed by atoms with Crippen molar-refractivity contribution in [3.8, 4) is 0 Å². The van der Waals surface area contributed by atoms with Crippen LogP contribution in [0.1, 0.15) is 50.7 Å². The summed E-state index contributed by atoms with van der Waals surface area (Å²) in [4.78, 5) is 9.99. The molecule has 0 bridgehead atoms. The Labute approximate surface area is 176 Å². The first-order valence-corrected chi connectivity index (χ1v) is 11.6. The number of rotatable bonds is 5. The van der Waals surface area contributed by atoms with E-state index in [0.29, 0.717) is 5.41 Å². The molecule has 3 aliphatic rings. The minimum Gasteiger partial charge on any atom is -0.381 e. The fourth-order valence-corrected chi connectivity index (χ4v) is 5.12. The van der Waals surface area contributed by atoms with Gasteiger partial charge in [0.05, 0.1) is 13.2 Å². The number of hydrogen-bond donors (Lipinski definition) is 1. The molecule has 1 N–H and O–H groups in total. The molecule has 160 valence electrons. The van der Waals surface area contributed by atoms with Gasteiger partial charge in [-0.3, -0.25) is 4.90 Å². The number of nitrogens with zero attached hydrogens (tertiary/aromatic N) is 3. The maximum absolute atomic E-state index is 5.68. The van der Waals surface area contributed by atoms with Gasteiger partial charge in [-0.15, -0.1) is 0 Å². The van der Waals surface area contributed by atoms with Gasteiger partial charge in [-0.1, -0.05) is 31.2 Å². The van der Waals surface area contributed by atoms with Crippen LogP contribution in [0.25, 0.3) is 0 Å². The van der Waals surface area contributed by atoms with Crippen LogP contribution in [0.5, 0.6) is 0 Å². The Kier molecular flexibility index (Phi) is 6.76. The number of likely N-dealkylation sites (tertiary alicyclic amines) is 2. The second kappa shape index (κ2) is 9.48. The molecule has 1 spiro atoms. The van der Waals surface area contributed by atoms with E-state index in [4.69, 9.17) is 9.73 Å². The van der Waals surface area contributed by atoms with E-state index < -0.39 is 0 Å². The minimum atomic E-state index is 0.365. The van der Waals surface area contributed by atoms with E-state index in [1.165, 1.54) is 49.9 Å². The molecule has 2 atom stereocenters. The predicted octanol–water partition coefficient (Wildman–Crippen LogP) is 3.50. The lowest BCUT2D eigenvalue weighted by Crippen LogP contribution is -2.41. The fourth-order valence-electron chi connectivity index (χ4n) is 5.12. The van der Waals surface area contributed by atoms with Crippen LogP contribution in [-0.4, -0.2) is 61.7 Å². The van der Waals surface area contributed by atoms with Gasteiger partial charge in [-0.25, -0.2) is 4.99 Å². The van der Waals surface area contributed by atoms with Gasteiger partial charge in [0.1, 0.15) is 0 Å². The van der Waals surface area contributed by atoms with Gasteiger partial charge in [-0.2, -0.15) is 0 Å². The lowest BCUT2D eigenvalue weighted by molar-refractivity contribution is 0.156. The summed E-state index contributed by atoms with van der Waals surface area (Å²) in [5.74, 6) is 1.89. The van der Waals surface area contributed by atoms with Crippen LogP contribution in [-0.2, 0) is 17.8 Å². The highest BCUT2D eigenvalue weighted by Gasteiger charge is 2.42. The van der Waals surface area contributed by atoms with E-state index in [-0.39, 0.29) is 0 Å². The van der Waals surface area contributed by atoms with Gasteiger partial charge in [0.25, 0.3) is 0 Å². The summed E-state index contributed by atoms with van der Waals surface area (Å²) in [6, 6.07) is 9.09. The molecule has 5 heteroatoms. The molecule has 0 amide bonds. The van der Waals surface area contributed by atoms with Crippen LogP contribution in [0.4, 0.5) is 0 Å². The van der Waals surface area contributed by atoms with Crippen molar-refractivity contribution in [1.29, 1.82) is 0 Å². The van der Waals surface area contributed by atoms with Crippen LogP contribution in [0, 0.1) is 11.3 Å². The van der Waals surface area contributed by atoms with E-state index in [0.717, 1.165) is 57.8 Å². The Balaban J connectivity index is 1.33. The van der Waals surface area contributed by atoms with Gasteiger partial charge in [0, 0.05) is 44.7 Å². The second-order valence-corrected chi connectivity index (χ2v) is 9.44. The van der Waals surface area contributed by atoms with Gasteiger partial charge in [0.2, 0.25) is 0 Å². The minimum absolute atomic E-state index is 0.365. The summed E-state index contributed by atoms with van der Waals surface area (Å²) < 4.78 is 5.68. The first kappa shape index (κ1) is 20.7. The van der Waals surface area contributed by atoms with Crippen LogP contribution < -0.4 is 5.32 Å². The average Bonchev–Trinajstić information content (AvgIpc) is 3.36. The molecular formula is C24H38N4O. The van der Waals surface area contributed by atoms with E-state index in [1.54, 1.807) is 0 Å². The molecule has 0 aliphatic carbocycles. The standard InChI is InChI=1S/C24H38N4O/c1-3-25-23(28-13-10-24(18-28)11-14-29-19-24)26-15-21-6-8-22(9-7-21)17-27-12-4-5-20(2)16-27/h6-9,20H,3-5,10-19H2,1-2H3,(H,25,26). The molecule has 1 aromatic carbocycles. The highest BCUT2D eigenvalue weighted by Crippen LogP contribution is 2.38. The van der Waals surface area contributed by atoms with E-state index in [9.17, 15) is 0 Å². The number of nitrogens with one attached hydrogen (secondary N) is 1. The molecule has 4 rings (SSSR count). The second-order valence-electron chi connectivity index (χ2n) is 9.44. The first-order valence-electron chi connectivity index (χ1n) is 11.6. The lowest BCUT2D eigenvalue weighted by atomic mass is 9.87. The molecule has 3 fully saturated rings.